The van der Waals surface area contributed by atoms with Crippen molar-refractivity contribution in [2.75, 3.05) is 6.54 Å². The Balaban J connectivity index is 1.77. The maximum absolute atomic E-state index is 12.3. The lowest BCUT2D eigenvalue weighted by Crippen LogP contribution is -2.47. The third-order valence-corrected chi connectivity index (χ3v) is 4.28. The van der Waals surface area contributed by atoms with Crippen LogP contribution in [0.5, 0.6) is 0 Å². The molecule has 2 atom stereocenters. The first kappa shape index (κ1) is 14.1. The summed E-state index contributed by atoms with van der Waals surface area (Å²) in [4.78, 5) is 12.3. The fourth-order valence-electron chi connectivity index (χ4n) is 3.10. The van der Waals surface area contributed by atoms with Gasteiger partial charge in [0.2, 0.25) is 5.91 Å². The van der Waals surface area contributed by atoms with E-state index in [1.165, 1.54) is 22.8 Å². The third kappa shape index (κ3) is 3.08. The standard InChI is InChI=1S/C18H22N2O/c1-13(20-18(21)17-11-4-5-12-19-17)15-10-6-8-14-7-2-3-9-16(14)15/h2-3,6-10,13,17,19H,4-5,11-12H2,1H3,(H,20,21)/t13?,17-/m1/s1. The zero-order valence-corrected chi connectivity index (χ0v) is 12.4. The van der Waals surface area contributed by atoms with E-state index in [9.17, 15) is 4.79 Å². The van der Waals surface area contributed by atoms with Crippen LogP contribution < -0.4 is 10.6 Å². The van der Waals surface area contributed by atoms with Gasteiger partial charge in [0.15, 0.2) is 0 Å². The van der Waals surface area contributed by atoms with Gasteiger partial charge in [-0.2, -0.15) is 0 Å². The molecule has 110 valence electrons. The van der Waals surface area contributed by atoms with E-state index in [1.807, 2.05) is 12.1 Å². The first-order chi connectivity index (χ1) is 10.3. The minimum absolute atomic E-state index is 0.0207. The number of rotatable bonds is 3. The number of amides is 1. The van der Waals surface area contributed by atoms with Crippen LogP contribution in [0.25, 0.3) is 10.8 Å². The number of carbonyl (C=O) groups excluding carboxylic acids is 1. The molecule has 1 fully saturated rings. The van der Waals surface area contributed by atoms with Gasteiger partial charge in [0.1, 0.15) is 0 Å². The van der Waals surface area contributed by atoms with Gasteiger partial charge in [-0.1, -0.05) is 48.9 Å². The average Bonchev–Trinajstić information content (AvgIpc) is 2.55. The van der Waals surface area contributed by atoms with Crippen molar-refractivity contribution < 1.29 is 4.79 Å². The normalized spacial score (nSPS) is 20.1. The van der Waals surface area contributed by atoms with Crippen LogP contribution >= 0.6 is 0 Å². The van der Waals surface area contributed by atoms with Crippen molar-refractivity contribution in [3.63, 3.8) is 0 Å². The van der Waals surface area contributed by atoms with Gasteiger partial charge >= 0.3 is 0 Å². The fourth-order valence-corrected chi connectivity index (χ4v) is 3.10. The molecule has 2 N–H and O–H groups in total. The minimum Gasteiger partial charge on any atom is -0.348 e. The van der Waals surface area contributed by atoms with E-state index in [4.69, 9.17) is 0 Å². The minimum atomic E-state index is -0.0313. The number of hydrogen-bond acceptors (Lipinski definition) is 2. The second-order valence-corrected chi connectivity index (χ2v) is 5.80. The van der Waals surface area contributed by atoms with Crippen molar-refractivity contribution >= 4 is 16.7 Å². The summed E-state index contributed by atoms with van der Waals surface area (Å²) in [5, 5.41) is 8.88. The zero-order chi connectivity index (χ0) is 14.7. The molecule has 3 heteroatoms. The Morgan fingerprint density at radius 2 is 2.00 bits per heavy atom. The van der Waals surface area contributed by atoms with Crippen LogP contribution in [0, 0.1) is 0 Å². The Morgan fingerprint density at radius 3 is 2.81 bits per heavy atom. The predicted octanol–water partition coefficient (Wildman–Crippen LogP) is 3.16. The number of fused-ring (bicyclic) bond motifs is 1. The Bertz CT molecular complexity index is 627. The largest absolute Gasteiger partial charge is 0.348 e. The van der Waals surface area contributed by atoms with Crippen LogP contribution in [-0.4, -0.2) is 18.5 Å². The summed E-state index contributed by atoms with van der Waals surface area (Å²) in [6, 6.07) is 14.6. The summed E-state index contributed by atoms with van der Waals surface area (Å²) in [6.07, 6.45) is 3.24. The predicted molar refractivity (Wildman–Crippen MR) is 86.1 cm³/mol. The van der Waals surface area contributed by atoms with Crippen LogP contribution in [0.1, 0.15) is 37.8 Å². The van der Waals surface area contributed by atoms with E-state index in [1.54, 1.807) is 0 Å². The average molecular weight is 282 g/mol. The molecule has 0 bridgehead atoms. The fraction of sp³-hybridized carbons (Fsp3) is 0.389. The molecule has 1 aliphatic heterocycles. The van der Waals surface area contributed by atoms with Gasteiger partial charge in [-0.3, -0.25) is 4.79 Å². The summed E-state index contributed by atoms with van der Waals surface area (Å²) < 4.78 is 0. The van der Waals surface area contributed by atoms with Gasteiger partial charge in [0, 0.05) is 0 Å². The van der Waals surface area contributed by atoms with Crippen molar-refractivity contribution in [2.24, 2.45) is 0 Å². The van der Waals surface area contributed by atoms with Crippen molar-refractivity contribution in [3.05, 3.63) is 48.0 Å². The SMILES string of the molecule is CC(NC(=O)[C@H]1CCCCN1)c1cccc2ccccc12. The van der Waals surface area contributed by atoms with Crippen LogP contribution in [-0.2, 0) is 4.79 Å². The first-order valence-electron chi connectivity index (χ1n) is 7.77. The van der Waals surface area contributed by atoms with Gasteiger partial charge in [0.25, 0.3) is 0 Å². The van der Waals surface area contributed by atoms with Crippen LogP contribution in [0.15, 0.2) is 42.5 Å². The molecule has 0 saturated carbocycles. The molecule has 0 radical (unpaired) electrons. The molecule has 1 saturated heterocycles. The molecule has 0 aliphatic carbocycles. The second kappa shape index (κ2) is 6.27. The molecular formula is C18H22N2O. The monoisotopic (exact) mass is 282 g/mol. The van der Waals surface area contributed by atoms with Gasteiger partial charge in [-0.25, -0.2) is 0 Å². The van der Waals surface area contributed by atoms with Crippen molar-refractivity contribution in [1.82, 2.24) is 10.6 Å². The highest BCUT2D eigenvalue weighted by Crippen LogP contribution is 2.24. The molecule has 2 aromatic carbocycles. The molecule has 1 amide bonds. The number of piperidine rings is 1. The van der Waals surface area contributed by atoms with E-state index in [-0.39, 0.29) is 18.0 Å². The van der Waals surface area contributed by atoms with Crippen LogP contribution in [0.3, 0.4) is 0 Å². The quantitative estimate of drug-likeness (QED) is 0.908. The first-order valence-corrected chi connectivity index (χ1v) is 7.77. The number of carbonyl (C=O) groups is 1. The molecule has 1 aliphatic rings. The zero-order valence-electron chi connectivity index (χ0n) is 12.4. The lowest BCUT2D eigenvalue weighted by molar-refractivity contribution is -0.124. The third-order valence-electron chi connectivity index (χ3n) is 4.28. The lowest BCUT2D eigenvalue weighted by Gasteiger charge is -2.25. The van der Waals surface area contributed by atoms with Crippen molar-refractivity contribution in [1.29, 1.82) is 0 Å². The molecule has 1 unspecified atom stereocenters. The number of nitrogens with one attached hydrogen (secondary N) is 2. The van der Waals surface area contributed by atoms with Gasteiger partial charge < -0.3 is 10.6 Å². The molecule has 3 rings (SSSR count). The van der Waals surface area contributed by atoms with Crippen molar-refractivity contribution in [3.8, 4) is 0 Å². The smallest absolute Gasteiger partial charge is 0.237 e. The summed E-state index contributed by atoms with van der Waals surface area (Å²) in [5.74, 6) is 0.120. The van der Waals surface area contributed by atoms with Crippen LogP contribution in [0.2, 0.25) is 0 Å². The number of hydrogen-bond donors (Lipinski definition) is 2. The van der Waals surface area contributed by atoms with Crippen molar-refractivity contribution in [2.45, 2.75) is 38.3 Å². The molecule has 21 heavy (non-hydrogen) atoms. The van der Waals surface area contributed by atoms with E-state index in [0.717, 1.165) is 19.4 Å². The molecule has 0 aromatic heterocycles. The Hall–Kier alpha value is -1.87. The summed E-state index contributed by atoms with van der Waals surface area (Å²) in [6.45, 7) is 3.00. The lowest BCUT2D eigenvalue weighted by atomic mass is 9.98. The molecule has 1 heterocycles. The maximum Gasteiger partial charge on any atom is 0.237 e. The highest BCUT2D eigenvalue weighted by atomic mass is 16.2. The Kier molecular flexibility index (Phi) is 4.20. The van der Waals surface area contributed by atoms with Gasteiger partial charge in [-0.15, -0.1) is 0 Å². The summed E-state index contributed by atoms with van der Waals surface area (Å²) >= 11 is 0. The highest BCUT2D eigenvalue weighted by molar-refractivity contribution is 5.87. The Morgan fingerprint density at radius 1 is 1.19 bits per heavy atom. The summed E-state index contributed by atoms with van der Waals surface area (Å²) in [5.41, 5.74) is 1.18. The summed E-state index contributed by atoms with van der Waals surface area (Å²) in [7, 11) is 0. The van der Waals surface area contributed by atoms with E-state index >= 15 is 0 Å². The van der Waals surface area contributed by atoms with Gasteiger partial charge in [-0.05, 0) is 42.6 Å². The number of benzene rings is 2. The topological polar surface area (TPSA) is 41.1 Å². The van der Waals surface area contributed by atoms with E-state index < -0.39 is 0 Å². The molecular weight excluding hydrogens is 260 g/mol. The highest BCUT2D eigenvalue weighted by Gasteiger charge is 2.22. The molecule has 3 nitrogen and oxygen atoms in total. The second-order valence-electron chi connectivity index (χ2n) is 5.80. The Labute approximate surface area is 125 Å². The van der Waals surface area contributed by atoms with Crippen LogP contribution in [0.4, 0.5) is 0 Å². The maximum atomic E-state index is 12.3. The van der Waals surface area contributed by atoms with Gasteiger partial charge in [0.05, 0.1) is 12.1 Å². The molecule has 2 aromatic rings. The van der Waals surface area contributed by atoms with E-state index in [2.05, 4.69) is 47.9 Å². The molecule has 0 spiro atoms. The van der Waals surface area contributed by atoms with E-state index in [0.29, 0.717) is 0 Å².